The van der Waals surface area contributed by atoms with Crippen LogP contribution in [0.3, 0.4) is 0 Å². The number of aromatic nitrogens is 1. The molecule has 1 saturated heterocycles. The molecule has 1 aromatic carbocycles. The number of Topliss-reactive ketones (excluding diaryl/α,β-unsaturated/α-hetero) is 1. The Morgan fingerprint density at radius 3 is 2.93 bits per heavy atom. The van der Waals surface area contributed by atoms with Crippen molar-refractivity contribution < 1.29 is 14.0 Å². The van der Waals surface area contributed by atoms with Crippen LogP contribution in [-0.2, 0) is 4.79 Å². The van der Waals surface area contributed by atoms with Gasteiger partial charge in [-0.1, -0.05) is 18.6 Å². The molecule has 1 aliphatic heterocycles. The summed E-state index contributed by atoms with van der Waals surface area (Å²) in [7, 11) is 0. The van der Waals surface area contributed by atoms with E-state index in [1.165, 1.54) is 12.1 Å². The second-order valence-electron chi connectivity index (χ2n) is 8.24. The zero-order valence-corrected chi connectivity index (χ0v) is 16.2. The van der Waals surface area contributed by atoms with Crippen LogP contribution in [0.25, 0.3) is 0 Å². The van der Waals surface area contributed by atoms with Crippen LogP contribution in [0.4, 0.5) is 10.1 Å². The van der Waals surface area contributed by atoms with Gasteiger partial charge < -0.3 is 4.90 Å². The fraction of sp³-hybridized carbons (Fsp3) is 0.435. The lowest BCUT2D eigenvalue weighted by Gasteiger charge is -2.36. The number of carbonyl (C=O) groups is 2. The first-order valence-electron chi connectivity index (χ1n) is 10.0. The van der Waals surface area contributed by atoms with Crippen molar-refractivity contribution in [2.24, 2.45) is 11.3 Å². The minimum absolute atomic E-state index is 0.0337. The number of hydrogen-bond acceptors (Lipinski definition) is 3. The van der Waals surface area contributed by atoms with Crippen LogP contribution >= 0.6 is 0 Å². The number of halogens is 1. The minimum Gasteiger partial charge on any atom is -0.312 e. The lowest BCUT2D eigenvalue weighted by atomic mass is 9.67. The van der Waals surface area contributed by atoms with Gasteiger partial charge in [0, 0.05) is 36.1 Å². The normalized spacial score (nSPS) is 24.7. The Morgan fingerprint density at radius 2 is 2.14 bits per heavy atom. The van der Waals surface area contributed by atoms with E-state index in [1.54, 1.807) is 18.3 Å². The largest absolute Gasteiger partial charge is 0.312 e. The second-order valence-corrected chi connectivity index (χ2v) is 8.24. The third-order valence-electron chi connectivity index (χ3n) is 6.27. The Bertz CT molecular complexity index is 913. The van der Waals surface area contributed by atoms with Crippen molar-refractivity contribution in [3.05, 3.63) is 59.7 Å². The standard InChI is InChI=1S/C23H25FN2O2/c1-16-12-20(7-10-25-16)26-11-9-23(22(26)28)8-3-4-17(15-23)13-21(27)18-5-2-6-19(24)14-18/h2,5-7,10,12,14,17H,3-4,8-9,11,13,15H2,1H3/t17-,23+/m1/s1. The number of amides is 1. The monoisotopic (exact) mass is 380 g/mol. The van der Waals surface area contributed by atoms with Gasteiger partial charge in [-0.05, 0) is 62.8 Å². The van der Waals surface area contributed by atoms with Crippen molar-refractivity contribution in [1.29, 1.82) is 0 Å². The summed E-state index contributed by atoms with van der Waals surface area (Å²) in [5.41, 5.74) is 1.87. The minimum atomic E-state index is -0.389. The molecular weight excluding hydrogens is 355 g/mol. The maximum atomic E-state index is 13.4. The first kappa shape index (κ1) is 18.8. The number of hydrogen-bond donors (Lipinski definition) is 0. The number of benzene rings is 1. The van der Waals surface area contributed by atoms with Gasteiger partial charge >= 0.3 is 0 Å². The summed E-state index contributed by atoms with van der Waals surface area (Å²) in [4.78, 5) is 32.0. The van der Waals surface area contributed by atoms with Crippen LogP contribution in [0.2, 0.25) is 0 Å². The molecule has 0 bridgehead atoms. The van der Waals surface area contributed by atoms with Crippen LogP contribution in [0.1, 0.15) is 54.6 Å². The van der Waals surface area contributed by atoms with Gasteiger partial charge in [-0.15, -0.1) is 0 Å². The molecule has 1 aliphatic carbocycles. The van der Waals surface area contributed by atoms with Gasteiger partial charge in [-0.2, -0.15) is 0 Å². The summed E-state index contributed by atoms with van der Waals surface area (Å²) in [5.74, 6) is -0.0672. The molecule has 1 spiro atoms. The van der Waals surface area contributed by atoms with Crippen molar-refractivity contribution in [3.63, 3.8) is 0 Å². The van der Waals surface area contributed by atoms with Crippen molar-refractivity contribution in [2.75, 3.05) is 11.4 Å². The number of nitrogens with zero attached hydrogens (tertiary/aromatic N) is 2. The highest BCUT2D eigenvalue weighted by atomic mass is 19.1. The molecule has 5 heteroatoms. The van der Waals surface area contributed by atoms with Crippen molar-refractivity contribution >= 4 is 17.4 Å². The first-order chi connectivity index (χ1) is 13.5. The number of aryl methyl sites for hydroxylation is 1. The first-order valence-corrected chi connectivity index (χ1v) is 10.0. The predicted octanol–water partition coefficient (Wildman–Crippen LogP) is 4.72. The van der Waals surface area contributed by atoms with Crippen LogP contribution < -0.4 is 4.90 Å². The van der Waals surface area contributed by atoms with E-state index < -0.39 is 0 Å². The lowest BCUT2D eigenvalue weighted by molar-refractivity contribution is -0.128. The second kappa shape index (κ2) is 7.46. The number of anilines is 1. The number of ketones is 1. The van der Waals surface area contributed by atoms with Gasteiger partial charge in [-0.25, -0.2) is 4.39 Å². The third kappa shape index (κ3) is 3.58. The average molecular weight is 380 g/mol. The highest BCUT2D eigenvalue weighted by Crippen LogP contribution is 2.48. The molecule has 2 aliphatic rings. The molecule has 2 heterocycles. The number of pyridine rings is 1. The lowest BCUT2D eigenvalue weighted by Crippen LogP contribution is -2.38. The summed E-state index contributed by atoms with van der Waals surface area (Å²) in [6.45, 7) is 2.64. The van der Waals surface area contributed by atoms with E-state index >= 15 is 0 Å². The maximum absolute atomic E-state index is 13.4. The smallest absolute Gasteiger partial charge is 0.233 e. The molecule has 4 nitrogen and oxygen atoms in total. The van der Waals surface area contributed by atoms with E-state index in [9.17, 15) is 14.0 Å². The Balaban J connectivity index is 1.47. The zero-order chi connectivity index (χ0) is 19.7. The van der Waals surface area contributed by atoms with Gasteiger partial charge in [-0.3, -0.25) is 14.6 Å². The maximum Gasteiger partial charge on any atom is 0.233 e. The zero-order valence-electron chi connectivity index (χ0n) is 16.2. The molecule has 0 N–H and O–H groups in total. The molecule has 2 fully saturated rings. The van der Waals surface area contributed by atoms with Gasteiger partial charge in [0.2, 0.25) is 5.91 Å². The molecule has 1 amide bonds. The molecule has 4 rings (SSSR count). The number of carbonyl (C=O) groups excluding carboxylic acids is 2. The van der Waals surface area contributed by atoms with E-state index in [-0.39, 0.29) is 28.8 Å². The Morgan fingerprint density at radius 1 is 1.29 bits per heavy atom. The summed E-state index contributed by atoms with van der Waals surface area (Å²) in [6, 6.07) is 9.72. The average Bonchev–Trinajstić information content (AvgIpc) is 2.97. The molecule has 28 heavy (non-hydrogen) atoms. The van der Waals surface area contributed by atoms with Gasteiger partial charge in [0.25, 0.3) is 0 Å². The molecule has 2 atom stereocenters. The Kier molecular flexibility index (Phi) is 5.00. The molecular formula is C23H25FN2O2. The van der Waals surface area contributed by atoms with E-state index in [1.807, 2.05) is 24.0 Å². The number of rotatable bonds is 4. The fourth-order valence-corrected chi connectivity index (χ4v) is 4.89. The van der Waals surface area contributed by atoms with Crippen LogP contribution in [0.5, 0.6) is 0 Å². The van der Waals surface area contributed by atoms with Crippen LogP contribution in [0.15, 0.2) is 42.6 Å². The van der Waals surface area contributed by atoms with E-state index in [0.717, 1.165) is 43.5 Å². The van der Waals surface area contributed by atoms with Crippen LogP contribution in [0, 0.1) is 24.1 Å². The Hall–Kier alpha value is -2.56. The molecule has 0 unspecified atom stereocenters. The van der Waals surface area contributed by atoms with Crippen molar-refractivity contribution in [3.8, 4) is 0 Å². The summed E-state index contributed by atoms with van der Waals surface area (Å²) in [5, 5.41) is 0. The molecule has 0 radical (unpaired) electrons. The van der Waals surface area contributed by atoms with E-state index in [0.29, 0.717) is 18.5 Å². The molecule has 2 aromatic rings. The molecule has 1 aromatic heterocycles. The summed E-state index contributed by atoms with van der Waals surface area (Å²) < 4.78 is 13.4. The van der Waals surface area contributed by atoms with E-state index in [2.05, 4.69) is 4.98 Å². The van der Waals surface area contributed by atoms with E-state index in [4.69, 9.17) is 0 Å². The Labute approximate surface area is 164 Å². The fourth-order valence-electron chi connectivity index (χ4n) is 4.89. The highest BCUT2D eigenvalue weighted by Gasteiger charge is 2.49. The van der Waals surface area contributed by atoms with Crippen molar-refractivity contribution in [1.82, 2.24) is 4.98 Å². The van der Waals surface area contributed by atoms with Gasteiger partial charge in [0.05, 0.1) is 5.41 Å². The highest BCUT2D eigenvalue weighted by molar-refractivity contribution is 6.00. The quantitative estimate of drug-likeness (QED) is 0.722. The summed E-state index contributed by atoms with van der Waals surface area (Å²) >= 11 is 0. The van der Waals surface area contributed by atoms with Crippen molar-refractivity contribution in [2.45, 2.75) is 45.4 Å². The van der Waals surface area contributed by atoms with Crippen LogP contribution in [-0.4, -0.2) is 23.2 Å². The summed E-state index contributed by atoms with van der Waals surface area (Å²) in [6.07, 6.45) is 6.49. The topological polar surface area (TPSA) is 50.3 Å². The third-order valence-corrected chi connectivity index (χ3v) is 6.27. The molecule has 146 valence electrons. The SMILES string of the molecule is Cc1cc(N2CC[C@]3(CCC[C@H](CC(=O)c4cccc(F)c4)C3)C2=O)ccn1. The van der Waals surface area contributed by atoms with Gasteiger partial charge in [0.15, 0.2) is 5.78 Å². The van der Waals surface area contributed by atoms with Gasteiger partial charge in [0.1, 0.15) is 5.82 Å². The molecule has 1 saturated carbocycles. The predicted molar refractivity (Wildman–Crippen MR) is 106 cm³/mol.